The molecule has 0 spiro atoms. The van der Waals surface area contributed by atoms with Crippen LogP contribution in [-0.2, 0) is 6.42 Å². The van der Waals surface area contributed by atoms with Crippen LogP contribution in [0.15, 0.2) is 208 Å². The van der Waals surface area contributed by atoms with E-state index in [0.717, 1.165) is 67.9 Å². The highest BCUT2D eigenvalue weighted by molar-refractivity contribution is 6.14. The maximum atomic E-state index is 5.45. The minimum atomic E-state index is 0.904. The molecule has 4 nitrogen and oxygen atoms in total. The van der Waals surface area contributed by atoms with Crippen LogP contribution in [-0.4, -0.2) is 0 Å². The molecule has 0 amide bonds. The number of benzene rings is 5. The van der Waals surface area contributed by atoms with Crippen LogP contribution in [0.1, 0.15) is 29.2 Å². The van der Waals surface area contributed by atoms with Crippen molar-refractivity contribution in [1.29, 1.82) is 0 Å². The fourth-order valence-corrected chi connectivity index (χ4v) is 6.62. The van der Waals surface area contributed by atoms with Gasteiger partial charge < -0.3 is 15.2 Å². The molecule has 256 valence electrons. The summed E-state index contributed by atoms with van der Waals surface area (Å²) in [5.41, 5.74) is 14.4. The SMILES string of the molecule is C=C/C=C(\C=CC)N1/C=C\C=C/C(=C)c2c1c1c(c3ccccc23)C(=C)/C=C\C=C/N1c1ccccc1.NNc1ccccc1Cc1ccccc1. The van der Waals surface area contributed by atoms with Gasteiger partial charge in [0.25, 0.3) is 0 Å². The molecule has 0 saturated heterocycles. The van der Waals surface area contributed by atoms with Gasteiger partial charge in [0.05, 0.1) is 17.1 Å². The lowest BCUT2D eigenvalue weighted by molar-refractivity contribution is 1.17. The van der Waals surface area contributed by atoms with Crippen LogP contribution in [0, 0.1) is 0 Å². The zero-order valence-electron chi connectivity index (χ0n) is 29.6. The Balaban J connectivity index is 0.000000258. The average molecular weight is 677 g/mol. The lowest BCUT2D eigenvalue weighted by Crippen LogP contribution is -2.22. The molecule has 0 bridgehead atoms. The lowest BCUT2D eigenvalue weighted by Gasteiger charge is -2.36. The van der Waals surface area contributed by atoms with E-state index in [-0.39, 0.29) is 0 Å². The minimum Gasteiger partial charge on any atom is -0.324 e. The van der Waals surface area contributed by atoms with E-state index in [1.807, 2.05) is 73.7 Å². The van der Waals surface area contributed by atoms with Crippen molar-refractivity contribution in [2.75, 3.05) is 15.2 Å². The molecule has 0 aliphatic carbocycles. The molecule has 0 aromatic heterocycles. The molecular formula is C48H44N4. The second-order valence-electron chi connectivity index (χ2n) is 12.3. The summed E-state index contributed by atoms with van der Waals surface area (Å²) in [5.74, 6) is 5.45. The summed E-state index contributed by atoms with van der Waals surface area (Å²) in [6, 6.07) is 37.4. The fourth-order valence-electron chi connectivity index (χ4n) is 6.62. The van der Waals surface area contributed by atoms with Crippen molar-refractivity contribution in [1.82, 2.24) is 0 Å². The molecule has 2 aliphatic rings. The summed E-state index contributed by atoms with van der Waals surface area (Å²) >= 11 is 0. The van der Waals surface area contributed by atoms with Gasteiger partial charge in [-0.05, 0) is 88.9 Å². The molecule has 0 unspecified atom stereocenters. The summed E-state index contributed by atoms with van der Waals surface area (Å²) < 4.78 is 0. The van der Waals surface area contributed by atoms with Crippen LogP contribution in [0.4, 0.5) is 22.7 Å². The Labute approximate surface area is 308 Å². The largest absolute Gasteiger partial charge is 0.324 e. The van der Waals surface area contributed by atoms with Crippen molar-refractivity contribution in [3.63, 3.8) is 0 Å². The average Bonchev–Trinajstić information content (AvgIpc) is 3.17. The van der Waals surface area contributed by atoms with Crippen LogP contribution in [0.5, 0.6) is 0 Å². The topological polar surface area (TPSA) is 44.5 Å². The summed E-state index contributed by atoms with van der Waals surface area (Å²) in [5, 5.41) is 2.28. The molecule has 5 aromatic rings. The molecule has 52 heavy (non-hydrogen) atoms. The number of nitrogens with zero attached hydrogens (tertiary/aromatic N) is 2. The van der Waals surface area contributed by atoms with Crippen LogP contribution < -0.4 is 21.1 Å². The molecule has 0 saturated carbocycles. The Bertz CT molecular complexity index is 2270. The molecule has 0 fully saturated rings. The summed E-state index contributed by atoms with van der Waals surface area (Å²) in [7, 11) is 0. The first-order chi connectivity index (χ1) is 25.5. The maximum absolute atomic E-state index is 5.45. The second kappa shape index (κ2) is 16.9. The predicted octanol–water partition coefficient (Wildman–Crippen LogP) is 12.2. The van der Waals surface area contributed by atoms with E-state index in [4.69, 9.17) is 5.84 Å². The quantitative estimate of drug-likeness (QED) is 0.102. The van der Waals surface area contributed by atoms with Crippen molar-refractivity contribution in [3.05, 3.63) is 230 Å². The summed E-state index contributed by atoms with van der Waals surface area (Å²) in [6.07, 6.45) is 25.5. The van der Waals surface area contributed by atoms with Gasteiger partial charge in [0.2, 0.25) is 0 Å². The molecule has 0 radical (unpaired) electrons. The smallest absolute Gasteiger partial charge is 0.0789 e. The van der Waals surface area contributed by atoms with Gasteiger partial charge in [-0.2, -0.15) is 0 Å². The summed E-state index contributed by atoms with van der Waals surface area (Å²) in [4.78, 5) is 4.50. The Kier molecular flexibility index (Phi) is 11.4. The number of hydrogen-bond donors (Lipinski definition) is 2. The molecule has 2 heterocycles. The molecule has 7 rings (SSSR count). The molecule has 2 aliphatic heterocycles. The van der Waals surface area contributed by atoms with Gasteiger partial charge in [-0.3, -0.25) is 5.84 Å². The van der Waals surface area contributed by atoms with E-state index in [1.54, 1.807) is 0 Å². The Morgan fingerprint density at radius 1 is 0.692 bits per heavy atom. The highest BCUT2D eigenvalue weighted by Crippen LogP contribution is 2.51. The number of anilines is 4. The van der Waals surface area contributed by atoms with Crippen LogP contribution >= 0.6 is 0 Å². The van der Waals surface area contributed by atoms with Crippen molar-refractivity contribution in [3.8, 4) is 0 Å². The van der Waals surface area contributed by atoms with Crippen molar-refractivity contribution in [2.45, 2.75) is 13.3 Å². The number of allylic oxidation sites excluding steroid dienone is 12. The third-order valence-corrected chi connectivity index (χ3v) is 8.92. The van der Waals surface area contributed by atoms with Gasteiger partial charge in [-0.1, -0.05) is 147 Å². The van der Waals surface area contributed by atoms with Crippen molar-refractivity contribution < 1.29 is 0 Å². The van der Waals surface area contributed by atoms with Crippen LogP contribution in [0.25, 0.3) is 21.9 Å². The maximum Gasteiger partial charge on any atom is 0.0789 e. The highest BCUT2D eigenvalue weighted by Gasteiger charge is 2.29. The van der Waals surface area contributed by atoms with Gasteiger partial charge >= 0.3 is 0 Å². The number of nitrogens with two attached hydrogens (primary N) is 1. The van der Waals surface area contributed by atoms with Gasteiger partial charge in [-0.15, -0.1) is 0 Å². The first-order valence-electron chi connectivity index (χ1n) is 17.4. The molecule has 5 aromatic carbocycles. The van der Waals surface area contributed by atoms with Crippen molar-refractivity contribution in [2.24, 2.45) is 5.84 Å². The number of hydrogen-bond acceptors (Lipinski definition) is 4. The first kappa shape index (κ1) is 35.2. The fraction of sp³-hybridized carbons (Fsp3) is 0.0417. The zero-order valence-corrected chi connectivity index (χ0v) is 29.6. The number of hydrazine groups is 1. The van der Waals surface area contributed by atoms with E-state index in [2.05, 4.69) is 151 Å². The standard InChI is InChI=1S/C35H30N2.C13H14N2/c1-5-16-28(17-6-2)36-24-14-12-18-26(3)32-30-22-10-11-23-31(30)33-27(4)19-13-15-25-37(35(33)34(32)36)29-20-8-7-9-21-29;14-15-13-9-5-4-8-12(13)10-11-6-2-1-3-7-11/h5-25H,1,3-4H2,2H3;1-9,15H,10,14H2/b17-6?,18-12-,19-13-,24-14-,25-15-,28-16+;. The van der Waals surface area contributed by atoms with Crippen molar-refractivity contribution >= 4 is 44.7 Å². The van der Waals surface area contributed by atoms with Gasteiger partial charge in [0.1, 0.15) is 0 Å². The van der Waals surface area contributed by atoms with E-state index >= 15 is 0 Å². The number of rotatable bonds is 7. The highest BCUT2D eigenvalue weighted by atomic mass is 15.2. The van der Waals surface area contributed by atoms with Gasteiger partial charge in [0, 0.05) is 34.9 Å². The third kappa shape index (κ3) is 7.58. The minimum absolute atomic E-state index is 0.904. The number of nitrogens with one attached hydrogen (secondary N) is 1. The molecule has 3 N–H and O–H groups in total. The Hall–Kier alpha value is -6.62. The zero-order chi connectivity index (χ0) is 36.3. The van der Waals surface area contributed by atoms with E-state index < -0.39 is 0 Å². The monoisotopic (exact) mass is 676 g/mol. The molecular weight excluding hydrogens is 633 g/mol. The van der Waals surface area contributed by atoms with Gasteiger partial charge in [-0.25, -0.2) is 0 Å². The van der Waals surface area contributed by atoms with Gasteiger partial charge in [0.15, 0.2) is 0 Å². The van der Waals surface area contributed by atoms with E-state index in [9.17, 15) is 0 Å². The van der Waals surface area contributed by atoms with E-state index in [0.29, 0.717) is 0 Å². The number of para-hydroxylation sites is 2. The van der Waals surface area contributed by atoms with Crippen LogP contribution in [0.3, 0.4) is 0 Å². The number of fused-ring (bicyclic) bond motifs is 6. The normalized spacial score (nSPS) is 16.3. The molecule has 4 heteroatoms. The van der Waals surface area contributed by atoms with Crippen LogP contribution in [0.2, 0.25) is 0 Å². The Morgan fingerprint density at radius 2 is 1.27 bits per heavy atom. The summed E-state index contributed by atoms with van der Waals surface area (Å²) in [6.45, 7) is 15.1. The lowest BCUT2D eigenvalue weighted by atomic mass is 9.87. The number of nitrogen functional groups attached to an aromatic ring is 1. The predicted molar refractivity (Wildman–Crippen MR) is 226 cm³/mol. The van der Waals surface area contributed by atoms with E-state index in [1.165, 1.54) is 11.1 Å². The second-order valence-corrected chi connectivity index (χ2v) is 12.3. The Morgan fingerprint density at radius 3 is 1.90 bits per heavy atom. The molecule has 0 atom stereocenters. The third-order valence-electron chi connectivity index (χ3n) is 8.92. The first-order valence-corrected chi connectivity index (χ1v) is 17.4.